The van der Waals surface area contributed by atoms with E-state index in [2.05, 4.69) is 0 Å². The molecule has 0 atom stereocenters. The standard InChI is InChI=1S/5C4H6O3/c5*1-3(5)2-4(6)7/h5*2H2,1H3,(H,6,7). The summed E-state index contributed by atoms with van der Waals surface area (Å²) in [6, 6.07) is 0. The van der Waals surface area contributed by atoms with Crippen LogP contribution in [0.2, 0.25) is 0 Å². The van der Waals surface area contributed by atoms with Crippen molar-refractivity contribution in [2.75, 3.05) is 0 Å². The molecule has 200 valence electrons. The predicted molar refractivity (Wildman–Crippen MR) is 115 cm³/mol. The van der Waals surface area contributed by atoms with Crippen molar-refractivity contribution >= 4 is 58.8 Å². The molecule has 0 fully saturated rings. The van der Waals surface area contributed by atoms with Crippen LogP contribution in [0.25, 0.3) is 0 Å². The van der Waals surface area contributed by atoms with Crippen LogP contribution in [0.15, 0.2) is 0 Å². The van der Waals surface area contributed by atoms with Crippen LogP contribution in [0.3, 0.4) is 0 Å². The number of aliphatic carboxylic acids is 5. The molecule has 0 saturated heterocycles. The molecule has 0 aliphatic rings. The summed E-state index contributed by atoms with van der Waals surface area (Å²) in [6.07, 6.45) is -1.81. The van der Waals surface area contributed by atoms with Crippen molar-refractivity contribution in [1.82, 2.24) is 0 Å². The molecule has 0 bridgehead atoms. The minimum atomic E-state index is -1.06. The summed E-state index contributed by atoms with van der Waals surface area (Å²) in [5.41, 5.74) is 0. The minimum Gasteiger partial charge on any atom is -0.481 e. The zero-order valence-electron chi connectivity index (χ0n) is 19.9. The molecule has 0 unspecified atom stereocenters. The number of rotatable bonds is 10. The average Bonchev–Trinajstić information content (AvgIpc) is 2.49. The third-order valence-corrected chi connectivity index (χ3v) is 2.00. The van der Waals surface area contributed by atoms with Crippen LogP contribution >= 0.6 is 0 Å². The molecule has 15 heteroatoms. The second kappa shape index (κ2) is 26.0. The topological polar surface area (TPSA) is 272 Å². The van der Waals surface area contributed by atoms with E-state index in [1.807, 2.05) is 0 Å². The quantitative estimate of drug-likeness (QED) is 0.246. The Labute approximate surface area is 199 Å². The Balaban J connectivity index is -0.000000107. The lowest BCUT2D eigenvalue weighted by Crippen LogP contribution is -2.00. The third-order valence-electron chi connectivity index (χ3n) is 2.00. The van der Waals surface area contributed by atoms with Gasteiger partial charge in [0, 0.05) is 0 Å². The molecule has 35 heavy (non-hydrogen) atoms. The van der Waals surface area contributed by atoms with Crippen molar-refractivity contribution in [3.63, 3.8) is 0 Å². The number of carboxylic acid groups (broad SMARTS) is 5. The largest absolute Gasteiger partial charge is 0.481 e. The zero-order valence-corrected chi connectivity index (χ0v) is 19.9. The molecule has 5 N–H and O–H groups in total. The first-order valence-corrected chi connectivity index (χ1v) is 9.19. The van der Waals surface area contributed by atoms with Crippen molar-refractivity contribution in [3.8, 4) is 0 Å². The summed E-state index contributed by atoms with van der Waals surface area (Å²) in [5, 5.41) is 39.3. The second-order valence-corrected chi connectivity index (χ2v) is 6.36. The fourth-order valence-corrected chi connectivity index (χ4v) is 1.06. The molecule has 0 aromatic heterocycles. The molecule has 0 aliphatic carbocycles. The molecule has 0 aromatic rings. The van der Waals surface area contributed by atoms with Gasteiger partial charge in [0.2, 0.25) is 0 Å². The van der Waals surface area contributed by atoms with E-state index in [1.165, 1.54) is 34.6 Å². The summed E-state index contributed by atoms with van der Waals surface area (Å²) < 4.78 is 0. The summed E-state index contributed by atoms with van der Waals surface area (Å²) in [6.45, 7) is 6.22. The summed E-state index contributed by atoms with van der Waals surface area (Å²) in [5.74, 6) is -6.87. The van der Waals surface area contributed by atoms with Gasteiger partial charge in [-0.1, -0.05) is 0 Å². The Morgan fingerprint density at radius 3 is 0.400 bits per heavy atom. The summed E-state index contributed by atoms with van der Waals surface area (Å²) >= 11 is 0. The van der Waals surface area contributed by atoms with Gasteiger partial charge < -0.3 is 25.5 Å². The Morgan fingerprint density at radius 2 is 0.400 bits per heavy atom. The Hall–Kier alpha value is -4.30. The summed E-state index contributed by atoms with van der Waals surface area (Å²) in [4.78, 5) is 97.3. The lowest BCUT2D eigenvalue weighted by atomic mass is 10.3. The average molecular weight is 510 g/mol. The Kier molecular flexibility index (Phi) is 30.4. The smallest absolute Gasteiger partial charge is 0.310 e. The number of hydrogen-bond acceptors (Lipinski definition) is 10. The highest BCUT2D eigenvalue weighted by atomic mass is 16.4. The molecule has 0 radical (unpaired) electrons. The fraction of sp³-hybridized carbons (Fsp3) is 0.500. The van der Waals surface area contributed by atoms with Gasteiger partial charge >= 0.3 is 29.8 Å². The van der Waals surface area contributed by atoms with Gasteiger partial charge in [-0.3, -0.25) is 47.9 Å². The Bertz CT molecular complexity index is 566. The van der Waals surface area contributed by atoms with Gasteiger partial charge in [-0.05, 0) is 34.6 Å². The van der Waals surface area contributed by atoms with Crippen LogP contribution in [0.1, 0.15) is 66.7 Å². The molecule has 0 rings (SSSR count). The first-order valence-electron chi connectivity index (χ1n) is 9.19. The normalized spacial score (nSPS) is 8.14. The van der Waals surface area contributed by atoms with E-state index >= 15 is 0 Å². The molecule has 0 heterocycles. The SMILES string of the molecule is CC(=O)CC(=O)O.CC(=O)CC(=O)O.CC(=O)CC(=O)O.CC(=O)CC(=O)O.CC(=O)CC(=O)O. The highest BCUT2D eigenvalue weighted by Gasteiger charge is 2.00. The van der Waals surface area contributed by atoms with Crippen LogP contribution in [-0.4, -0.2) is 84.3 Å². The number of carbonyl (C=O) groups is 10. The van der Waals surface area contributed by atoms with Gasteiger partial charge in [0.1, 0.15) is 61.0 Å². The van der Waals surface area contributed by atoms with Gasteiger partial charge in [0.15, 0.2) is 0 Å². The van der Waals surface area contributed by atoms with Crippen LogP contribution < -0.4 is 0 Å². The van der Waals surface area contributed by atoms with Crippen molar-refractivity contribution < 1.29 is 73.5 Å². The molecule has 0 aliphatic heterocycles. The van der Waals surface area contributed by atoms with E-state index in [1.54, 1.807) is 0 Å². The van der Waals surface area contributed by atoms with E-state index in [9.17, 15) is 47.9 Å². The molecule has 0 aromatic carbocycles. The minimum absolute atomic E-state index is 0.312. The number of ketones is 5. The molecule has 0 amide bonds. The fourth-order valence-electron chi connectivity index (χ4n) is 1.06. The molecular weight excluding hydrogens is 480 g/mol. The monoisotopic (exact) mass is 510 g/mol. The lowest BCUT2D eigenvalue weighted by molar-refractivity contribution is -0.141. The maximum atomic E-state index is 9.87. The van der Waals surface area contributed by atoms with Gasteiger partial charge in [0.05, 0.1) is 0 Å². The Morgan fingerprint density at radius 1 is 0.314 bits per heavy atom. The van der Waals surface area contributed by atoms with E-state index < -0.39 is 29.8 Å². The lowest BCUT2D eigenvalue weighted by Gasteiger charge is -1.80. The zero-order chi connectivity index (χ0) is 29.3. The van der Waals surface area contributed by atoms with Crippen molar-refractivity contribution in [3.05, 3.63) is 0 Å². The second-order valence-electron chi connectivity index (χ2n) is 6.36. The van der Waals surface area contributed by atoms with E-state index in [-0.39, 0.29) is 61.0 Å². The van der Waals surface area contributed by atoms with E-state index in [4.69, 9.17) is 25.5 Å². The first kappa shape index (κ1) is 41.0. The van der Waals surface area contributed by atoms with E-state index in [0.717, 1.165) is 0 Å². The van der Waals surface area contributed by atoms with Crippen molar-refractivity contribution in [1.29, 1.82) is 0 Å². The van der Waals surface area contributed by atoms with Gasteiger partial charge in [0.25, 0.3) is 0 Å². The van der Waals surface area contributed by atoms with Crippen molar-refractivity contribution in [2.24, 2.45) is 0 Å². The number of carbonyl (C=O) groups excluding carboxylic acids is 5. The van der Waals surface area contributed by atoms with E-state index in [0.29, 0.717) is 0 Å². The van der Waals surface area contributed by atoms with Crippen LogP contribution in [0.4, 0.5) is 0 Å². The number of hydrogen-bond donors (Lipinski definition) is 5. The van der Waals surface area contributed by atoms with Crippen LogP contribution in [0.5, 0.6) is 0 Å². The number of Topliss-reactive ketones (excluding diaryl/α,β-unsaturated/α-hetero) is 5. The third kappa shape index (κ3) is 92.5. The highest BCUT2D eigenvalue weighted by Crippen LogP contribution is 1.79. The highest BCUT2D eigenvalue weighted by molar-refractivity contribution is 5.94. The molecule has 0 saturated carbocycles. The maximum absolute atomic E-state index is 9.87. The van der Waals surface area contributed by atoms with Gasteiger partial charge in [-0.15, -0.1) is 0 Å². The number of carboxylic acids is 5. The first-order chi connectivity index (χ1) is 15.6. The van der Waals surface area contributed by atoms with Crippen LogP contribution in [-0.2, 0) is 47.9 Å². The predicted octanol–water partition coefficient (Wildman–Crippen LogP) is 0.251. The van der Waals surface area contributed by atoms with Gasteiger partial charge in [-0.2, -0.15) is 0 Å². The maximum Gasteiger partial charge on any atom is 0.310 e. The molecular formula is C20H30O15. The molecule has 15 nitrogen and oxygen atoms in total. The van der Waals surface area contributed by atoms with Gasteiger partial charge in [-0.25, -0.2) is 0 Å². The molecule has 0 spiro atoms. The van der Waals surface area contributed by atoms with Crippen molar-refractivity contribution in [2.45, 2.75) is 66.7 Å². The van der Waals surface area contributed by atoms with Crippen LogP contribution in [0, 0.1) is 0 Å². The summed E-state index contributed by atoms with van der Waals surface area (Å²) in [7, 11) is 0.